The number of aryl methyl sites for hydroxylation is 1. The summed E-state index contributed by atoms with van der Waals surface area (Å²) in [5, 5.41) is 16.6. The molecule has 10 nitrogen and oxygen atoms in total. The molecule has 0 aliphatic heterocycles. The largest absolute Gasteiger partial charge is 0.490 e. The van der Waals surface area contributed by atoms with Crippen LogP contribution in [0.1, 0.15) is 23.1 Å². The Morgan fingerprint density at radius 1 is 1.23 bits per heavy atom. The smallest absolute Gasteiger partial charge is 0.311 e. The highest BCUT2D eigenvalue weighted by Gasteiger charge is 2.18. The minimum Gasteiger partial charge on any atom is -0.490 e. The van der Waals surface area contributed by atoms with Gasteiger partial charge in [0.25, 0.3) is 5.91 Å². The number of imidazole rings is 1. The zero-order valence-corrected chi connectivity index (χ0v) is 16.8. The quantitative estimate of drug-likeness (QED) is 0.454. The van der Waals surface area contributed by atoms with Gasteiger partial charge in [0.2, 0.25) is 5.91 Å². The number of nitrogens with zero attached hydrogens (tertiary/aromatic N) is 3. The molecule has 0 spiro atoms. The second-order valence-corrected chi connectivity index (χ2v) is 6.62. The molecule has 0 aliphatic rings. The molecule has 0 radical (unpaired) electrons. The van der Waals surface area contributed by atoms with Gasteiger partial charge < -0.3 is 19.9 Å². The van der Waals surface area contributed by atoms with Crippen LogP contribution in [0, 0.1) is 10.1 Å². The van der Waals surface area contributed by atoms with E-state index in [1.807, 2.05) is 17.7 Å². The van der Waals surface area contributed by atoms with Gasteiger partial charge in [-0.1, -0.05) is 0 Å². The van der Waals surface area contributed by atoms with Crippen LogP contribution in [-0.2, 0) is 18.3 Å². The van der Waals surface area contributed by atoms with E-state index in [9.17, 15) is 19.7 Å². The number of carbonyl (C=O) groups is 2. The Morgan fingerprint density at radius 2 is 2.00 bits per heavy atom. The topological polar surface area (TPSA) is 128 Å². The summed E-state index contributed by atoms with van der Waals surface area (Å²) in [6.45, 7) is 1.94. The molecule has 0 saturated heterocycles. The first kappa shape index (κ1) is 20.8. The average Bonchev–Trinajstić information content (AvgIpc) is 3.02. The van der Waals surface area contributed by atoms with Gasteiger partial charge in [-0.3, -0.25) is 19.7 Å². The predicted molar refractivity (Wildman–Crippen MR) is 111 cm³/mol. The number of nitro groups is 1. The summed E-state index contributed by atoms with van der Waals surface area (Å²) >= 11 is 0. The molecule has 3 rings (SSSR count). The van der Waals surface area contributed by atoms with Crippen molar-refractivity contribution in [1.82, 2.24) is 14.9 Å². The summed E-state index contributed by atoms with van der Waals surface area (Å²) in [4.78, 5) is 38.7. The summed E-state index contributed by atoms with van der Waals surface area (Å²) < 4.78 is 6.88. The van der Waals surface area contributed by atoms with Crippen molar-refractivity contribution in [3.8, 4) is 5.75 Å². The van der Waals surface area contributed by atoms with Gasteiger partial charge in [0.15, 0.2) is 5.75 Å². The highest BCUT2D eigenvalue weighted by Crippen LogP contribution is 2.28. The van der Waals surface area contributed by atoms with Crippen molar-refractivity contribution >= 4 is 34.2 Å². The molecular formula is C20H21N5O5. The fourth-order valence-corrected chi connectivity index (χ4v) is 3.08. The number of carbonyl (C=O) groups excluding carboxylic acids is 2. The SMILES string of the molecule is COc1ccc(C(=O)Nc2ccc3c(c2)nc(CCNC(C)=O)n3C)cc1[N+](=O)[O-]. The lowest BCUT2D eigenvalue weighted by molar-refractivity contribution is -0.385. The molecule has 0 fully saturated rings. The molecule has 0 saturated carbocycles. The van der Waals surface area contributed by atoms with Gasteiger partial charge in [0, 0.05) is 44.3 Å². The van der Waals surface area contributed by atoms with Crippen molar-refractivity contribution in [3.05, 3.63) is 57.9 Å². The standard InChI is InChI=1S/C20H21N5O5/c1-12(26)21-9-8-19-23-15-11-14(5-6-16(15)24(19)2)22-20(27)13-4-7-18(30-3)17(10-13)25(28)29/h4-7,10-11H,8-9H2,1-3H3,(H,21,26)(H,22,27). The molecule has 0 bridgehead atoms. The molecule has 3 aromatic rings. The zero-order chi connectivity index (χ0) is 21.8. The van der Waals surface area contributed by atoms with Crippen molar-refractivity contribution in [2.45, 2.75) is 13.3 Å². The van der Waals surface area contributed by atoms with Crippen molar-refractivity contribution in [1.29, 1.82) is 0 Å². The van der Waals surface area contributed by atoms with E-state index in [0.717, 1.165) is 11.3 Å². The average molecular weight is 411 g/mol. The van der Waals surface area contributed by atoms with Crippen molar-refractivity contribution < 1.29 is 19.2 Å². The second kappa shape index (κ2) is 8.60. The van der Waals surface area contributed by atoms with E-state index >= 15 is 0 Å². The Kier molecular flexibility index (Phi) is 5.95. The number of hydrogen-bond donors (Lipinski definition) is 2. The molecule has 0 aliphatic carbocycles. The molecule has 1 aromatic heterocycles. The number of benzene rings is 2. The van der Waals surface area contributed by atoms with Gasteiger partial charge >= 0.3 is 5.69 Å². The summed E-state index contributed by atoms with van der Waals surface area (Å²) in [7, 11) is 3.21. The van der Waals surface area contributed by atoms with E-state index < -0.39 is 10.8 Å². The number of aromatic nitrogens is 2. The number of methoxy groups -OCH3 is 1. The number of hydrogen-bond acceptors (Lipinski definition) is 6. The van der Waals surface area contributed by atoms with Crippen LogP contribution in [0.15, 0.2) is 36.4 Å². The first-order valence-corrected chi connectivity index (χ1v) is 9.13. The molecule has 156 valence electrons. The van der Waals surface area contributed by atoms with Crippen LogP contribution in [0.25, 0.3) is 11.0 Å². The third-order valence-electron chi connectivity index (χ3n) is 4.59. The molecular weight excluding hydrogens is 390 g/mol. The van der Waals surface area contributed by atoms with E-state index in [1.54, 1.807) is 12.1 Å². The van der Waals surface area contributed by atoms with E-state index in [0.29, 0.717) is 24.2 Å². The number of ether oxygens (including phenoxy) is 1. The number of nitro benzene ring substituents is 1. The van der Waals surface area contributed by atoms with Gasteiger partial charge in [0.1, 0.15) is 5.82 Å². The Morgan fingerprint density at radius 3 is 2.67 bits per heavy atom. The van der Waals surface area contributed by atoms with Gasteiger partial charge in [0.05, 0.1) is 23.1 Å². The maximum Gasteiger partial charge on any atom is 0.311 e. The zero-order valence-electron chi connectivity index (χ0n) is 16.8. The van der Waals surface area contributed by atoms with Crippen molar-refractivity contribution in [2.24, 2.45) is 7.05 Å². The Bertz CT molecular complexity index is 1140. The maximum atomic E-state index is 12.6. The highest BCUT2D eigenvalue weighted by atomic mass is 16.6. The lowest BCUT2D eigenvalue weighted by Gasteiger charge is -2.07. The van der Waals surface area contributed by atoms with Crippen LogP contribution in [0.4, 0.5) is 11.4 Å². The van der Waals surface area contributed by atoms with Crippen LogP contribution in [-0.4, -0.2) is 39.9 Å². The first-order valence-electron chi connectivity index (χ1n) is 9.13. The Hall–Kier alpha value is -3.95. The minimum atomic E-state index is -0.599. The normalized spacial score (nSPS) is 10.6. The molecule has 2 aromatic carbocycles. The fourth-order valence-electron chi connectivity index (χ4n) is 3.08. The molecule has 30 heavy (non-hydrogen) atoms. The van der Waals surface area contributed by atoms with Gasteiger partial charge in [-0.15, -0.1) is 0 Å². The second-order valence-electron chi connectivity index (χ2n) is 6.62. The van der Waals surface area contributed by atoms with E-state index in [4.69, 9.17) is 4.74 Å². The maximum absolute atomic E-state index is 12.6. The number of fused-ring (bicyclic) bond motifs is 1. The lowest BCUT2D eigenvalue weighted by atomic mass is 10.1. The molecule has 1 heterocycles. The third kappa shape index (κ3) is 4.37. The van der Waals surface area contributed by atoms with Crippen LogP contribution in [0.3, 0.4) is 0 Å². The van der Waals surface area contributed by atoms with Crippen LogP contribution < -0.4 is 15.4 Å². The lowest BCUT2D eigenvalue weighted by Crippen LogP contribution is -2.23. The Balaban J connectivity index is 1.80. The summed E-state index contributed by atoms with van der Waals surface area (Å²) in [6.07, 6.45) is 0.571. The first-order chi connectivity index (χ1) is 14.3. The van der Waals surface area contributed by atoms with Crippen LogP contribution in [0.5, 0.6) is 5.75 Å². The molecule has 2 N–H and O–H groups in total. The summed E-state index contributed by atoms with van der Waals surface area (Å²) in [5.74, 6) is 0.297. The molecule has 0 unspecified atom stereocenters. The number of rotatable bonds is 7. The van der Waals surface area contributed by atoms with Gasteiger partial charge in [-0.2, -0.15) is 0 Å². The van der Waals surface area contributed by atoms with Gasteiger partial charge in [-0.05, 0) is 30.3 Å². The summed E-state index contributed by atoms with van der Waals surface area (Å²) in [6, 6.07) is 9.31. The number of amides is 2. The van der Waals surface area contributed by atoms with E-state index in [2.05, 4.69) is 15.6 Å². The van der Waals surface area contributed by atoms with Crippen LogP contribution >= 0.6 is 0 Å². The van der Waals surface area contributed by atoms with Gasteiger partial charge in [-0.25, -0.2) is 4.98 Å². The Labute approximate surface area is 172 Å². The van der Waals surface area contributed by atoms with E-state index in [-0.39, 0.29) is 22.9 Å². The minimum absolute atomic E-state index is 0.0817. The van der Waals surface area contributed by atoms with Crippen molar-refractivity contribution in [3.63, 3.8) is 0 Å². The summed E-state index contributed by atoms with van der Waals surface area (Å²) in [5.41, 5.74) is 1.94. The predicted octanol–water partition coefficient (Wildman–Crippen LogP) is 2.42. The van der Waals surface area contributed by atoms with Crippen molar-refractivity contribution in [2.75, 3.05) is 19.0 Å². The monoisotopic (exact) mass is 411 g/mol. The molecule has 0 atom stereocenters. The van der Waals surface area contributed by atoms with Crippen LogP contribution in [0.2, 0.25) is 0 Å². The third-order valence-corrected chi connectivity index (χ3v) is 4.59. The fraction of sp³-hybridized carbons (Fsp3) is 0.250. The van der Waals surface area contributed by atoms with E-state index in [1.165, 1.54) is 32.2 Å². The molecule has 10 heteroatoms. The molecule has 2 amide bonds. The highest BCUT2D eigenvalue weighted by molar-refractivity contribution is 6.05. The number of anilines is 1. The number of nitrogens with one attached hydrogen (secondary N) is 2.